The van der Waals surface area contributed by atoms with Crippen LogP contribution in [0.2, 0.25) is 0 Å². The molecule has 0 aliphatic carbocycles. The molecule has 1 aromatic heterocycles. The fourth-order valence-corrected chi connectivity index (χ4v) is 2.36. The molecule has 1 aliphatic rings. The van der Waals surface area contributed by atoms with E-state index in [0.717, 1.165) is 11.4 Å². The Labute approximate surface area is 116 Å². The SMILES string of the molecule is Cc1cc(C)nc(N2CCN([C@H](C)C(F)(F)F)CC2)n1. The minimum absolute atomic E-state index is 0.372. The van der Waals surface area contributed by atoms with Gasteiger partial charge in [0.15, 0.2) is 0 Å². The molecule has 1 aliphatic heterocycles. The summed E-state index contributed by atoms with van der Waals surface area (Å²) >= 11 is 0. The van der Waals surface area contributed by atoms with Crippen LogP contribution in [0.4, 0.5) is 19.1 Å². The number of aryl methyl sites for hydroxylation is 2. The minimum atomic E-state index is -4.17. The zero-order valence-electron chi connectivity index (χ0n) is 11.9. The summed E-state index contributed by atoms with van der Waals surface area (Å²) in [4.78, 5) is 12.1. The Balaban J connectivity index is 2.01. The van der Waals surface area contributed by atoms with E-state index >= 15 is 0 Å². The number of nitrogens with zero attached hydrogens (tertiary/aromatic N) is 4. The average molecular weight is 288 g/mol. The first-order valence-corrected chi connectivity index (χ1v) is 6.65. The molecule has 112 valence electrons. The Morgan fingerprint density at radius 3 is 2.00 bits per heavy atom. The number of aromatic nitrogens is 2. The quantitative estimate of drug-likeness (QED) is 0.835. The molecule has 2 heterocycles. The average Bonchev–Trinajstić information content (AvgIpc) is 2.36. The van der Waals surface area contributed by atoms with E-state index < -0.39 is 12.2 Å². The lowest BCUT2D eigenvalue weighted by Gasteiger charge is -2.38. The summed E-state index contributed by atoms with van der Waals surface area (Å²) in [5.41, 5.74) is 1.75. The Morgan fingerprint density at radius 1 is 1.05 bits per heavy atom. The molecule has 1 fully saturated rings. The molecule has 0 saturated carbocycles. The highest BCUT2D eigenvalue weighted by Gasteiger charge is 2.40. The second-order valence-corrected chi connectivity index (χ2v) is 5.19. The van der Waals surface area contributed by atoms with E-state index in [9.17, 15) is 13.2 Å². The van der Waals surface area contributed by atoms with Gasteiger partial charge in [0.1, 0.15) is 6.04 Å². The minimum Gasteiger partial charge on any atom is -0.338 e. The first-order chi connectivity index (χ1) is 9.27. The van der Waals surface area contributed by atoms with Crippen molar-refractivity contribution in [2.24, 2.45) is 0 Å². The van der Waals surface area contributed by atoms with Crippen LogP contribution in [-0.4, -0.2) is 53.3 Å². The van der Waals surface area contributed by atoms with Gasteiger partial charge >= 0.3 is 6.18 Å². The van der Waals surface area contributed by atoms with E-state index in [1.165, 1.54) is 11.8 Å². The van der Waals surface area contributed by atoms with Gasteiger partial charge in [-0.1, -0.05) is 0 Å². The van der Waals surface area contributed by atoms with Gasteiger partial charge in [-0.2, -0.15) is 13.2 Å². The molecular formula is C13H19F3N4. The van der Waals surface area contributed by atoms with Crippen molar-refractivity contribution in [1.29, 1.82) is 0 Å². The van der Waals surface area contributed by atoms with Crippen LogP contribution in [0.25, 0.3) is 0 Å². The lowest BCUT2D eigenvalue weighted by Crippen LogP contribution is -2.54. The molecule has 7 heteroatoms. The largest absolute Gasteiger partial charge is 0.403 e. The fourth-order valence-electron chi connectivity index (χ4n) is 2.36. The monoisotopic (exact) mass is 288 g/mol. The predicted octanol–water partition coefficient (Wildman–Crippen LogP) is 2.17. The van der Waals surface area contributed by atoms with Crippen molar-refractivity contribution in [1.82, 2.24) is 14.9 Å². The van der Waals surface area contributed by atoms with Crippen LogP contribution in [0.5, 0.6) is 0 Å². The van der Waals surface area contributed by atoms with Gasteiger partial charge in [0.2, 0.25) is 5.95 Å². The Hall–Kier alpha value is -1.37. The summed E-state index contributed by atoms with van der Waals surface area (Å²) in [6.45, 7) is 6.77. The van der Waals surface area contributed by atoms with Crippen LogP contribution in [0.15, 0.2) is 6.07 Å². The van der Waals surface area contributed by atoms with Crippen molar-refractivity contribution in [3.63, 3.8) is 0 Å². The zero-order chi connectivity index (χ0) is 14.9. The molecule has 4 nitrogen and oxygen atoms in total. The third-order valence-electron chi connectivity index (χ3n) is 3.59. The fraction of sp³-hybridized carbons (Fsp3) is 0.692. The highest BCUT2D eigenvalue weighted by Crippen LogP contribution is 2.25. The van der Waals surface area contributed by atoms with Crippen molar-refractivity contribution in [3.05, 3.63) is 17.5 Å². The highest BCUT2D eigenvalue weighted by molar-refractivity contribution is 5.32. The molecule has 1 atom stereocenters. The molecule has 0 radical (unpaired) electrons. The summed E-state index contributed by atoms with van der Waals surface area (Å²) in [5.74, 6) is 0.613. The third-order valence-corrected chi connectivity index (χ3v) is 3.59. The molecule has 0 amide bonds. The van der Waals surface area contributed by atoms with Gasteiger partial charge < -0.3 is 4.90 Å². The van der Waals surface area contributed by atoms with Crippen LogP contribution in [0.1, 0.15) is 18.3 Å². The molecule has 0 aromatic carbocycles. The second kappa shape index (κ2) is 5.55. The lowest BCUT2D eigenvalue weighted by molar-refractivity contribution is -0.179. The maximum atomic E-state index is 12.7. The molecular weight excluding hydrogens is 269 g/mol. The number of hydrogen-bond donors (Lipinski definition) is 0. The van der Waals surface area contributed by atoms with Crippen molar-refractivity contribution in [3.8, 4) is 0 Å². The first kappa shape index (κ1) is 15.0. The first-order valence-electron chi connectivity index (χ1n) is 6.65. The van der Waals surface area contributed by atoms with Gasteiger partial charge in [-0.15, -0.1) is 0 Å². The van der Waals surface area contributed by atoms with Gasteiger partial charge in [0.25, 0.3) is 0 Å². The van der Waals surface area contributed by atoms with E-state index in [1.807, 2.05) is 24.8 Å². The van der Waals surface area contributed by atoms with E-state index in [2.05, 4.69) is 9.97 Å². The molecule has 0 spiro atoms. The van der Waals surface area contributed by atoms with Gasteiger partial charge in [0.05, 0.1) is 0 Å². The van der Waals surface area contributed by atoms with Crippen LogP contribution in [0, 0.1) is 13.8 Å². The van der Waals surface area contributed by atoms with Gasteiger partial charge in [0, 0.05) is 37.6 Å². The number of halogens is 3. The molecule has 0 unspecified atom stereocenters. The second-order valence-electron chi connectivity index (χ2n) is 5.19. The molecule has 2 rings (SSSR count). The van der Waals surface area contributed by atoms with Crippen molar-refractivity contribution in [2.45, 2.75) is 33.0 Å². The topological polar surface area (TPSA) is 32.3 Å². The standard InChI is InChI=1S/C13H19F3N4/c1-9-8-10(2)18-12(17-9)20-6-4-19(5-7-20)11(3)13(14,15)16/h8,11H,4-7H2,1-3H3/t11-/m1/s1. The van der Waals surface area contributed by atoms with Crippen LogP contribution in [0.3, 0.4) is 0 Å². The summed E-state index contributed by atoms with van der Waals surface area (Å²) in [5, 5.41) is 0. The Bertz CT molecular complexity index is 447. The summed E-state index contributed by atoms with van der Waals surface area (Å²) in [6.07, 6.45) is -4.17. The van der Waals surface area contributed by atoms with Crippen molar-refractivity contribution < 1.29 is 13.2 Å². The third kappa shape index (κ3) is 3.39. The van der Waals surface area contributed by atoms with Crippen LogP contribution in [-0.2, 0) is 0 Å². The van der Waals surface area contributed by atoms with Crippen molar-refractivity contribution in [2.75, 3.05) is 31.1 Å². The number of alkyl halides is 3. The van der Waals surface area contributed by atoms with E-state index in [1.54, 1.807) is 0 Å². The van der Waals surface area contributed by atoms with Crippen molar-refractivity contribution >= 4 is 5.95 Å². The predicted molar refractivity (Wildman–Crippen MR) is 70.8 cm³/mol. The van der Waals surface area contributed by atoms with E-state index in [4.69, 9.17) is 0 Å². The maximum absolute atomic E-state index is 12.7. The number of hydrogen-bond acceptors (Lipinski definition) is 4. The highest BCUT2D eigenvalue weighted by atomic mass is 19.4. The number of piperazine rings is 1. The molecule has 0 bridgehead atoms. The smallest absolute Gasteiger partial charge is 0.338 e. The maximum Gasteiger partial charge on any atom is 0.403 e. The summed E-state index contributed by atoms with van der Waals surface area (Å²) in [7, 11) is 0. The van der Waals surface area contributed by atoms with Crippen LogP contribution < -0.4 is 4.90 Å². The summed E-state index contributed by atoms with van der Waals surface area (Å²) in [6, 6.07) is 0.482. The van der Waals surface area contributed by atoms with Crippen LogP contribution >= 0.6 is 0 Å². The van der Waals surface area contributed by atoms with E-state index in [0.29, 0.717) is 32.1 Å². The molecule has 1 aromatic rings. The molecule has 1 saturated heterocycles. The van der Waals surface area contributed by atoms with Gasteiger partial charge in [-0.3, -0.25) is 4.90 Å². The Morgan fingerprint density at radius 2 is 1.55 bits per heavy atom. The van der Waals surface area contributed by atoms with Gasteiger partial charge in [-0.05, 0) is 26.8 Å². The van der Waals surface area contributed by atoms with E-state index in [-0.39, 0.29) is 0 Å². The number of rotatable bonds is 2. The normalized spacial score (nSPS) is 19.2. The lowest BCUT2D eigenvalue weighted by atomic mass is 10.2. The molecule has 20 heavy (non-hydrogen) atoms. The Kier molecular flexibility index (Phi) is 4.17. The number of anilines is 1. The summed E-state index contributed by atoms with van der Waals surface area (Å²) < 4.78 is 38.0. The zero-order valence-corrected chi connectivity index (χ0v) is 11.9. The van der Waals surface area contributed by atoms with Gasteiger partial charge in [-0.25, -0.2) is 9.97 Å². The molecule has 0 N–H and O–H groups in total.